The molecule has 0 aliphatic rings. The summed E-state index contributed by atoms with van der Waals surface area (Å²) in [6.45, 7) is 9.09. The fourth-order valence-corrected chi connectivity index (χ4v) is 3.02. The average molecular weight is 343 g/mol. The Morgan fingerprint density at radius 1 is 1.04 bits per heavy atom. The van der Waals surface area contributed by atoms with Gasteiger partial charge in [0.2, 0.25) is 0 Å². The zero-order valence-electron chi connectivity index (χ0n) is 15.7. The van der Waals surface area contributed by atoms with E-state index in [1.807, 2.05) is 50.2 Å². The molecule has 1 amide bonds. The molecule has 2 rings (SSSR count). The molecule has 2 aromatic carbocycles. The maximum atomic E-state index is 12.8. The number of hydrogen-bond acceptors (Lipinski definition) is 3. The van der Waals surface area contributed by atoms with E-state index in [1.54, 1.807) is 0 Å². The Kier molecular flexibility index (Phi) is 6.82. The van der Waals surface area contributed by atoms with Gasteiger partial charge in [-0.25, -0.2) is 0 Å². The molecule has 0 saturated heterocycles. The van der Waals surface area contributed by atoms with Crippen molar-refractivity contribution in [2.24, 2.45) is 0 Å². The number of carbonyl (C=O) groups is 1. The maximum Gasteiger partial charge on any atom is 0.256 e. The van der Waals surface area contributed by atoms with Crippen LogP contribution in [0.3, 0.4) is 0 Å². The largest absolute Gasteiger partial charge is 0.493 e. The lowest BCUT2D eigenvalue weighted by Gasteiger charge is -2.28. The van der Waals surface area contributed by atoms with Crippen molar-refractivity contribution >= 4 is 22.4 Å². The minimum Gasteiger partial charge on any atom is -0.493 e. The van der Waals surface area contributed by atoms with Crippen molar-refractivity contribution in [3.63, 3.8) is 0 Å². The van der Waals surface area contributed by atoms with Crippen LogP contribution in [0.2, 0.25) is 0 Å². The van der Waals surface area contributed by atoms with Gasteiger partial charge in [-0.1, -0.05) is 44.5 Å². The molecular weight excluding hydrogens is 314 g/mol. The van der Waals surface area contributed by atoms with Crippen LogP contribution in [0.5, 0.6) is 5.75 Å². The van der Waals surface area contributed by atoms with Crippen LogP contribution in [0.25, 0.3) is 10.8 Å². The summed E-state index contributed by atoms with van der Waals surface area (Å²) in [5.41, 5.74) is -0.0337. The third-order valence-electron chi connectivity index (χ3n) is 4.26. The van der Waals surface area contributed by atoms with Gasteiger partial charge in [0.25, 0.3) is 5.91 Å². The summed E-state index contributed by atoms with van der Waals surface area (Å²) in [6.07, 6.45) is 2.52. The molecule has 0 heterocycles. The highest BCUT2D eigenvalue weighted by Gasteiger charge is 2.33. The lowest BCUT2D eigenvalue weighted by Crippen LogP contribution is -2.42. The Hall–Kier alpha value is -2.07. The van der Waals surface area contributed by atoms with Crippen LogP contribution in [0.15, 0.2) is 36.4 Å². The van der Waals surface area contributed by atoms with E-state index in [1.165, 1.54) is 0 Å². The Balaban J connectivity index is 2.33. The molecule has 0 bridgehead atoms. The molecule has 4 nitrogen and oxygen atoms in total. The van der Waals surface area contributed by atoms with Crippen molar-refractivity contribution < 1.29 is 14.3 Å². The van der Waals surface area contributed by atoms with Crippen molar-refractivity contribution in [3.8, 4) is 5.75 Å². The van der Waals surface area contributed by atoms with Gasteiger partial charge >= 0.3 is 0 Å². The predicted octanol–water partition coefficient (Wildman–Crippen LogP) is 5.16. The molecule has 136 valence electrons. The number of anilines is 1. The Morgan fingerprint density at radius 3 is 2.40 bits per heavy atom. The smallest absolute Gasteiger partial charge is 0.256 e. The highest BCUT2D eigenvalue weighted by atomic mass is 16.5. The van der Waals surface area contributed by atoms with Crippen LogP contribution in [0, 0.1) is 0 Å². The van der Waals surface area contributed by atoms with Crippen LogP contribution in [-0.2, 0) is 9.53 Å². The van der Waals surface area contributed by atoms with Crippen molar-refractivity contribution in [2.75, 3.05) is 18.5 Å². The number of hydrogen-bond donors (Lipinski definition) is 1. The number of rotatable bonds is 9. The highest BCUT2D eigenvalue weighted by molar-refractivity contribution is 6.06. The van der Waals surface area contributed by atoms with E-state index in [0.717, 1.165) is 35.1 Å². The number of carbonyl (C=O) groups excluding carboxylic acids is 1. The Bertz CT molecular complexity index is 705. The molecule has 1 N–H and O–H groups in total. The molecule has 0 aromatic heterocycles. The second-order valence-electron chi connectivity index (χ2n) is 6.37. The van der Waals surface area contributed by atoms with Gasteiger partial charge in [-0.05, 0) is 38.8 Å². The fraction of sp³-hybridized carbons (Fsp3) is 0.476. The zero-order valence-corrected chi connectivity index (χ0v) is 15.7. The monoisotopic (exact) mass is 343 g/mol. The van der Waals surface area contributed by atoms with E-state index < -0.39 is 5.60 Å². The van der Waals surface area contributed by atoms with E-state index >= 15 is 0 Å². The molecule has 25 heavy (non-hydrogen) atoms. The molecule has 4 heteroatoms. The third-order valence-corrected chi connectivity index (χ3v) is 4.26. The summed E-state index contributed by atoms with van der Waals surface area (Å²) in [7, 11) is 0. The number of amides is 1. The van der Waals surface area contributed by atoms with E-state index in [-0.39, 0.29) is 5.91 Å². The second kappa shape index (κ2) is 8.86. The maximum absolute atomic E-state index is 12.8. The topological polar surface area (TPSA) is 47.6 Å². The van der Waals surface area contributed by atoms with Crippen LogP contribution in [0.1, 0.15) is 47.0 Å². The van der Waals surface area contributed by atoms with Gasteiger partial charge in [0.15, 0.2) is 0 Å². The molecule has 1 atom stereocenters. The molecule has 0 aliphatic heterocycles. The zero-order chi connectivity index (χ0) is 18.3. The number of benzene rings is 2. The van der Waals surface area contributed by atoms with Crippen LogP contribution in [-0.4, -0.2) is 24.7 Å². The summed E-state index contributed by atoms with van der Waals surface area (Å²) in [5, 5.41) is 5.03. The lowest BCUT2D eigenvalue weighted by atomic mass is 9.98. The minimum absolute atomic E-state index is 0.108. The van der Waals surface area contributed by atoms with E-state index in [0.29, 0.717) is 19.6 Å². The van der Waals surface area contributed by atoms with Gasteiger partial charge in [-0.3, -0.25) is 4.79 Å². The first kappa shape index (κ1) is 19.3. The van der Waals surface area contributed by atoms with Gasteiger partial charge in [0.1, 0.15) is 11.4 Å². The lowest BCUT2D eigenvalue weighted by molar-refractivity contribution is -0.139. The highest BCUT2D eigenvalue weighted by Crippen LogP contribution is 2.32. The first-order chi connectivity index (χ1) is 12.1. The quantitative estimate of drug-likeness (QED) is 0.684. The minimum atomic E-state index is -0.817. The molecule has 1 unspecified atom stereocenters. The SMILES string of the molecule is CCCOc1ccc(NC(=O)C(C)(CCC)OCC)c2ccccc12. The number of fused-ring (bicyclic) bond motifs is 1. The van der Waals surface area contributed by atoms with Crippen LogP contribution in [0.4, 0.5) is 5.69 Å². The van der Waals surface area contributed by atoms with E-state index in [2.05, 4.69) is 19.2 Å². The molecule has 0 spiro atoms. The summed E-state index contributed by atoms with van der Waals surface area (Å²) in [4.78, 5) is 12.8. The molecule has 0 saturated carbocycles. The average Bonchev–Trinajstić information content (AvgIpc) is 2.61. The van der Waals surface area contributed by atoms with E-state index in [4.69, 9.17) is 9.47 Å². The van der Waals surface area contributed by atoms with Crippen LogP contribution < -0.4 is 10.1 Å². The number of nitrogens with one attached hydrogen (secondary N) is 1. The van der Waals surface area contributed by atoms with Crippen molar-refractivity contribution in [1.29, 1.82) is 0 Å². The molecule has 2 aromatic rings. The first-order valence-electron chi connectivity index (χ1n) is 9.15. The van der Waals surface area contributed by atoms with Crippen molar-refractivity contribution in [1.82, 2.24) is 0 Å². The standard InChI is InChI=1S/C21H29NO3/c1-5-14-21(4,25-7-3)20(23)22-18-12-13-19(24-15-6-2)17-11-9-8-10-16(17)18/h8-13H,5-7,14-15H2,1-4H3,(H,22,23). The predicted molar refractivity (Wildman–Crippen MR) is 103 cm³/mol. The Morgan fingerprint density at radius 2 is 1.76 bits per heavy atom. The molecule has 0 radical (unpaired) electrons. The summed E-state index contributed by atoms with van der Waals surface area (Å²) < 4.78 is 11.6. The van der Waals surface area contributed by atoms with Crippen molar-refractivity contribution in [2.45, 2.75) is 52.6 Å². The van der Waals surface area contributed by atoms with Gasteiger partial charge in [0, 0.05) is 23.1 Å². The van der Waals surface area contributed by atoms with Gasteiger partial charge < -0.3 is 14.8 Å². The van der Waals surface area contributed by atoms with Crippen LogP contribution >= 0.6 is 0 Å². The summed E-state index contributed by atoms with van der Waals surface area (Å²) in [6, 6.07) is 11.8. The molecule has 0 aliphatic carbocycles. The first-order valence-corrected chi connectivity index (χ1v) is 9.15. The van der Waals surface area contributed by atoms with Gasteiger partial charge in [-0.2, -0.15) is 0 Å². The van der Waals surface area contributed by atoms with Gasteiger partial charge in [-0.15, -0.1) is 0 Å². The van der Waals surface area contributed by atoms with Crippen molar-refractivity contribution in [3.05, 3.63) is 36.4 Å². The third kappa shape index (κ3) is 4.51. The molecular formula is C21H29NO3. The summed E-state index contributed by atoms with van der Waals surface area (Å²) >= 11 is 0. The summed E-state index contributed by atoms with van der Waals surface area (Å²) in [5.74, 6) is 0.736. The van der Waals surface area contributed by atoms with E-state index in [9.17, 15) is 4.79 Å². The second-order valence-corrected chi connectivity index (χ2v) is 6.37. The number of ether oxygens (including phenoxy) is 2. The van der Waals surface area contributed by atoms with Gasteiger partial charge in [0.05, 0.1) is 6.61 Å². The fourth-order valence-electron chi connectivity index (χ4n) is 3.02. The molecule has 0 fully saturated rings. The normalized spacial score (nSPS) is 13.4. The Labute approximate surface area is 150 Å².